The number of H-pyrrole nitrogens is 1. The maximum absolute atomic E-state index is 12.5. The number of hydrogen-bond acceptors (Lipinski definition) is 3. The van der Waals surface area contributed by atoms with Crippen LogP contribution in [0.2, 0.25) is 0 Å². The molecule has 1 atom stereocenters. The molecule has 2 aromatic rings. The molecule has 1 aromatic carbocycles. The Balaban J connectivity index is 2.03. The number of carbonyl (C=O) groups is 1. The van der Waals surface area contributed by atoms with Crippen LogP contribution in [0.25, 0.3) is 0 Å². The summed E-state index contributed by atoms with van der Waals surface area (Å²) in [6.07, 6.45) is 2.08. The lowest BCUT2D eigenvalue weighted by atomic mass is 10.1. The van der Waals surface area contributed by atoms with Crippen molar-refractivity contribution in [2.24, 2.45) is 0 Å². The number of nitrogens with zero attached hydrogens (tertiary/aromatic N) is 2. The predicted molar refractivity (Wildman–Crippen MR) is 71.3 cm³/mol. The van der Waals surface area contributed by atoms with Gasteiger partial charge < -0.3 is 9.88 Å². The normalized spacial score (nSPS) is 17.3. The highest BCUT2D eigenvalue weighted by Crippen LogP contribution is 2.32. The third-order valence-corrected chi connectivity index (χ3v) is 3.32. The highest BCUT2D eigenvalue weighted by molar-refractivity contribution is 6.06. The summed E-state index contributed by atoms with van der Waals surface area (Å²) in [5, 5.41) is 0. The number of aromatic amines is 1. The first-order chi connectivity index (χ1) is 9.16. The van der Waals surface area contributed by atoms with Gasteiger partial charge in [-0.3, -0.25) is 9.59 Å². The second kappa shape index (κ2) is 4.35. The van der Waals surface area contributed by atoms with Crippen molar-refractivity contribution in [1.29, 1.82) is 0 Å². The van der Waals surface area contributed by atoms with Crippen LogP contribution < -0.4 is 10.5 Å². The van der Waals surface area contributed by atoms with Gasteiger partial charge in [-0.25, -0.2) is 4.98 Å². The van der Waals surface area contributed by atoms with E-state index >= 15 is 0 Å². The minimum absolute atomic E-state index is 0.0750. The number of benzene rings is 1. The van der Waals surface area contributed by atoms with Crippen LogP contribution in [0.15, 0.2) is 41.5 Å². The van der Waals surface area contributed by atoms with E-state index in [-0.39, 0.29) is 23.2 Å². The van der Waals surface area contributed by atoms with Gasteiger partial charge in [-0.05, 0) is 25.0 Å². The number of nitrogens with one attached hydrogen (secondary N) is 1. The molecule has 1 aliphatic rings. The van der Waals surface area contributed by atoms with E-state index < -0.39 is 0 Å². The van der Waals surface area contributed by atoms with Crippen molar-refractivity contribution in [2.45, 2.75) is 19.4 Å². The average Bonchev–Trinajstić information content (AvgIpc) is 2.74. The van der Waals surface area contributed by atoms with Crippen molar-refractivity contribution >= 4 is 11.6 Å². The Morgan fingerprint density at radius 1 is 1.42 bits per heavy atom. The molecule has 0 radical (unpaired) electrons. The van der Waals surface area contributed by atoms with Crippen LogP contribution in [0.1, 0.15) is 23.0 Å². The molecule has 0 aliphatic carbocycles. The number of para-hydroxylation sites is 1. The first-order valence-corrected chi connectivity index (χ1v) is 6.13. The fourth-order valence-corrected chi connectivity index (χ4v) is 2.48. The van der Waals surface area contributed by atoms with Gasteiger partial charge in [-0.2, -0.15) is 0 Å². The van der Waals surface area contributed by atoms with E-state index in [1.807, 2.05) is 31.2 Å². The summed E-state index contributed by atoms with van der Waals surface area (Å²) < 4.78 is 0. The number of hydrogen-bond donors (Lipinski definition) is 1. The standard InChI is InChI=1S/C14H13N3O2/c1-9-6-10-4-2-3-5-12(10)17(9)14(19)11-7-13(18)16-8-15-11/h2-5,7-9H,6H2,1H3,(H,15,16,18)/t9-/m1/s1. The molecule has 0 saturated carbocycles. The highest BCUT2D eigenvalue weighted by Gasteiger charge is 2.31. The van der Waals surface area contributed by atoms with Crippen LogP contribution >= 0.6 is 0 Å². The second-order valence-corrected chi connectivity index (χ2v) is 4.65. The molecule has 1 amide bonds. The summed E-state index contributed by atoms with van der Waals surface area (Å²) >= 11 is 0. The number of fused-ring (bicyclic) bond motifs is 1. The van der Waals surface area contributed by atoms with Crippen molar-refractivity contribution in [3.8, 4) is 0 Å². The molecule has 96 valence electrons. The van der Waals surface area contributed by atoms with Gasteiger partial charge in [0, 0.05) is 17.8 Å². The van der Waals surface area contributed by atoms with Crippen LogP contribution in [0.4, 0.5) is 5.69 Å². The van der Waals surface area contributed by atoms with E-state index in [0.717, 1.165) is 17.7 Å². The minimum Gasteiger partial charge on any atom is -0.313 e. The molecule has 5 heteroatoms. The van der Waals surface area contributed by atoms with E-state index in [9.17, 15) is 9.59 Å². The van der Waals surface area contributed by atoms with Crippen LogP contribution in [0.3, 0.4) is 0 Å². The van der Waals surface area contributed by atoms with Crippen molar-refractivity contribution in [1.82, 2.24) is 9.97 Å². The van der Waals surface area contributed by atoms with Gasteiger partial charge in [0.25, 0.3) is 11.5 Å². The first-order valence-electron chi connectivity index (χ1n) is 6.13. The third kappa shape index (κ3) is 1.93. The van der Waals surface area contributed by atoms with Crippen LogP contribution in [-0.4, -0.2) is 21.9 Å². The van der Waals surface area contributed by atoms with Gasteiger partial charge in [-0.15, -0.1) is 0 Å². The van der Waals surface area contributed by atoms with Crippen molar-refractivity contribution in [2.75, 3.05) is 4.90 Å². The third-order valence-electron chi connectivity index (χ3n) is 3.32. The van der Waals surface area contributed by atoms with Crippen molar-refractivity contribution in [3.63, 3.8) is 0 Å². The Morgan fingerprint density at radius 2 is 2.21 bits per heavy atom. The quantitative estimate of drug-likeness (QED) is 0.836. The maximum Gasteiger partial charge on any atom is 0.277 e. The Bertz CT molecular complexity index is 693. The minimum atomic E-state index is -0.321. The highest BCUT2D eigenvalue weighted by atomic mass is 16.2. The molecule has 0 fully saturated rings. The number of rotatable bonds is 1. The Labute approximate surface area is 109 Å². The molecule has 1 N–H and O–H groups in total. The van der Waals surface area contributed by atoms with E-state index in [0.29, 0.717) is 0 Å². The summed E-state index contributed by atoms with van der Waals surface area (Å²) in [6, 6.07) is 9.11. The van der Waals surface area contributed by atoms with Gasteiger partial charge in [0.05, 0.1) is 6.33 Å². The largest absolute Gasteiger partial charge is 0.313 e. The predicted octanol–water partition coefficient (Wildman–Crippen LogP) is 1.36. The molecular weight excluding hydrogens is 242 g/mol. The summed E-state index contributed by atoms with van der Waals surface area (Å²) in [5.41, 5.74) is 1.90. The van der Waals surface area contributed by atoms with Gasteiger partial charge in [0.2, 0.25) is 0 Å². The zero-order valence-electron chi connectivity index (χ0n) is 10.5. The van der Waals surface area contributed by atoms with E-state index in [1.165, 1.54) is 12.4 Å². The molecule has 2 heterocycles. The summed E-state index contributed by atoms with van der Waals surface area (Å²) in [6.45, 7) is 1.99. The number of amides is 1. The molecule has 3 rings (SSSR count). The topological polar surface area (TPSA) is 66.1 Å². The van der Waals surface area contributed by atoms with Crippen molar-refractivity contribution < 1.29 is 4.79 Å². The van der Waals surface area contributed by atoms with E-state index in [1.54, 1.807) is 4.90 Å². The molecule has 5 nitrogen and oxygen atoms in total. The maximum atomic E-state index is 12.5. The summed E-state index contributed by atoms with van der Waals surface area (Å²) in [4.78, 5) is 31.8. The van der Waals surface area contributed by atoms with Crippen LogP contribution in [0, 0.1) is 0 Å². The first kappa shape index (κ1) is 11.6. The zero-order valence-corrected chi connectivity index (χ0v) is 10.5. The monoisotopic (exact) mass is 255 g/mol. The molecule has 0 bridgehead atoms. The zero-order chi connectivity index (χ0) is 13.4. The molecule has 1 aliphatic heterocycles. The molecule has 0 saturated heterocycles. The molecule has 0 spiro atoms. The van der Waals surface area contributed by atoms with Crippen molar-refractivity contribution in [3.05, 3.63) is 58.3 Å². The molecular formula is C14H13N3O2. The lowest BCUT2D eigenvalue weighted by Gasteiger charge is -2.22. The smallest absolute Gasteiger partial charge is 0.277 e. The molecule has 0 unspecified atom stereocenters. The number of aromatic nitrogens is 2. The average molecular weight is 255 g/mol. The fourth-order valence-electron chi connectivity index (χ4n) is 2.48. The van der Waals surface area contributed by atoms with E-state index in [2.05, 4.69) is 9.97 Å². The lowest BCUT2D eigenvalue weighted by molar-refractivity contribution is 0.0976. The Hall–Kier alpha value is -2.43. The Morgan fingerprint density at radius 3 is 3.00 bits per heavy atom. The summed E-state index contributed by atoms with van der Waals surface area (Å²) in [5.74, 6) is -0.233. The number of anilines is 1. The fraction of sp³-hybridized carbons (Fsp3) is 0.214. The van der Waals surface area contributed by atoms with Gasteiger partial charge in [0.15, 0.2) is 0 Å². The number of carbonyl (C=O) groups excluding carboxylic acids is 1. The van der Waals surface area contributed by atoms with Gasteiger partial charge in [-0.1, -0.05) is 18.2 Å². The van der Waals surface area contributed by atoms with Crippen LogP contribution in [-0.2, 0) is 6.42 Å². The van der Waals surface area contributed by atoms with Gasteiger partial charge >= 0.3 is 0 Å². The van der Waals surface area contributed by atoms with E-state index in [4.69, 9.17) is 0 Å². The second-order valence-electron chi connectivity index (χ2n) is 4.65. The lowest BCUT2D eigenvalue weighted by Crippen LogP contribution is -2.36. The molecule has 19 heavy (non-hydrogen) atoms. The summed E-state index contributed by atoms with van der Waals surface area (Å²) in [7, 11) is 0. The van der Waals surface area contributed by atoms with Gasteiger partial charge in [0.1, 0.15) is 5.69 Å². The SMILES string of the molecule is C[C@@H]1Cc2ccccc2N1C(=O)c1cc(=O)[nH]cn1. The molecule has 1 aromatic heterocycles. The Kier molecular flexibility index (Phi) is 2.67. The van der Waals surface area contributed by atoms with Crippen LogP contribution in [0.5, 0.6) is 0 Å².